The van der Waals surface area contributed by atoms with Gasteiger partial charge in [-0.25, -0.2) is 0 Å². The van der Waals surface area contributed by atoms with Crippen LogP contribution in [0.1, 0.15) is 17.4 Å². The summed E-state index contributed by atoms with van der Waals surface area (Å²) in [5.74, 6) is 0. The molecular weight excluding hydrogens is 224 g/mol. The highest BCUT2D eigenvalue weighted by Gasteiger charge is 2.17. The molecular formula is C12H16O3S. The van der Waals surface area contributed by atoms with E-state index in [1.165, 1.54) is 17.6 Å². The largest absolute Gasteiger partial charge is 0.346 e. The average Bonchev–Trinajstić information content (AvgIpc) is 2.84. The van der Waals surface area contributed by atoms with E-state index in [9.17, 15) is 0 Å². The third-order valence-electron chi connectivity index (χ3n) is 2.47. The Morgan fingerprint density at radius 2 is 1.94 bits per heavy atom. The highest BCUT2D eigenvalue weighted by Crippen LogP contribution is 2.23. The van der Waals surface area contributed by atoms with Gasteiger partial charge in [-0.05, 0) is 24.0 Å². The fraction of sp³-hybridized carbons (Fsp3) is 0.500. The first-order chi connectivity index (χ1) is 7.90. The zero-order chi connectivity index (χ0) is 11.2. The van der Waals surface area contributed by atoms with Crippen molar-refractivity contribution in [2.24, 2.45) is 0 Å². The molecule has 0 aliphatic carbocycles. The van der Waals surface area contributed by atoms with Crippen molar-refractivity contribution in [1.29, 1.82) is 0 Å². The van der Waals surface area contributed by atoms with Crippen LogP contribution in [-0.2, 0) is 20.1 Å². The molecule has 0 amide bonds. The first kappa shape index (κ1) is 11.9. The van der Waals surface area contributed by atoms with E-state index in [0.717, 1.165) is 18.6 Å². The Morgan fingerprint density at radius 3 is 2.56 bits per heavy atom. The van der Waals surface area contributed by atoms with Crippen LogP contribution in [0, 0.1) is 0 Å². The summed E-state index contributed by atoms with van der Waals surface area (Å²) in [6.07, 6.45) is 2.70. The van der Waals surface area contributed by atoms with Crippen molar-refractivity contribution in [2.45, 2.75) is 12.7 Å². The first-order valence-corrected chi connectivity index (χ1v) is 6.53. The summed E-state index contributed by atoms with van der Waals surface area (Å²) in [4.78, 5) is 0. The summed E-state index contributed by atoms with van der Waals surface area (Å²) in [5, 5.41) is 0. The molecule has 1 aromatic rings. The Morgan fingerprint density at radius 1 is 1.25 bits per heavy atom. The van der Waals surface area contributed by atoms with E-state index >= 15 is 0 Å². The predicted molar refractivity (Wildman–Crippen MR) is 64.3 cm³/mol. The molecule has 1 aliphatic heterocycles. The minimum Gasteiger partial charge on any atom is -0.346 e. The standard InChI is InChI=1S/C12H16O3S/c1-16-15-7-6-10-2-4-11(5-3-10)12-13-8-9-14-12/h2-5,12H,6-9H2,1H3. The maximum absolute atomic E-state index is 5.43. The molecule has 0 unspecified atom stereocenters. The molecule has 1 fully saturated rings. The van der Waals surface area contributed by atoms with Crippen molar-refractivity contribution in [3.05, 3.63) is 35.4 Å². The molecule has 0 radical (unpaired) electrons. The van der Waals surface area contributed by atoms with Crippen molar-refractivity contribution in [3.63, 3.8) is 0 Å². The molecule has 0 atom stereocenters. The van der Waals surface area contributed by atoms with E-state index in [-0.39, 0.29) is 6.29 Å². The number of rotatable bonds is 5. The molecule has 3 nitrogen and oxygen atoms in total. The second kappa shape index (κ2) is 6.25. The van der Waals surface area contributed by atoms with E-state index in [0.29, 0.717) is 13.2 Å². The summed E-state index contributed by atoms with van der Waals surface area (Å²) in [6, 6.07) is 8.32. The predicted octanol–water partition coefficient (Wildman–Crippen LogP) is 2.57. The normalized spacial score (nSPS) is 16.8. The summed E-state index contributed by atoms with van der Waals surface area (Å²) in [5.41, 5.74) is 2.36. The van der Waals surface area contributed by atoms with Gasteiger partial charge in [-0.1, -0.05) is 24.3 Å². The second-order valence-corrected chi connectivity index (χ2v) is 4.12. The van der Waals surface area contributed by atoms with Gasteiger partial charge < -0.3 is 13.7 Å². The van der Waals surface area contributed by atoms with Crippen molar-refractivity contribution in [3.8, 4) is 0 Å². The molecule has 1 aliphatic rings. The van der Waals surface area contributed by atoms with Crippen molar-refractivity contribution >= 4 is 12.0 Å². The summed E-state index contributed by atoms with van der Waals surface area (Å²) in [6.45, 7) is 2.12. The summed E-state index contributed by atoms with van der Waals surface area (Å²) < 4.78 is 16.1. The smallest absolute Gasteiger partial charge is 0.184 e. The minimum absolute atomic E-state index is 0.170. The van der Waals surface area contributed by atoms with Gasteiger partial charge in [0.2, 0.25) is 0 Å². The van der Waals surface area contributed by atoms with Gasteiger partial charge in [-0.15, -0.1) is 0 Å². The maximum atomic E-state index is 5.43. The molecule has 1 saturated heterocycles. The zero-order valence-corrected chi connectivity index (χ0v) is 10.2. The highest BCUT2D eigenvalue weighted by molar-refractivity contribution is 7.93. The Kier molecular flexibility index (Phi) is 4.66. The molecule has 0 saturated carbocycles. The van der Waals surface area contributed by atoms with Crippen LogP contribution in [0.2, 0.25) is 0 Å². The fourth-order valence-electron chi connectivity index (χ4n) is 1.64. The van der Waals surface area contributed by atoms with Crippen LogP contribution in [-0.4, -0.2) is 26.1 Å². The lowest BCUT2D eigenvalue weighted by Crippen LogP contribution is -1.99. The first-order valence-electron chi connectivity index (χ1n) is 5.38. The molecule has 88 valence electrons. The number of benzene rings is 1. The minimum atomic E-state index is -0.170. The van der Waals surface area contributed by atoms with Gasteiger partial charge in [0, 0.05) is 11.8 Å². The van der Waals surface area contributed by atoms with Crippen molar-refractivity contribution in [1.82, 2.24) is 0 Å². The number of hydrogen-bond acceptors (Lipinski definition) is 4. The zero-order valence-electron chi connectivity index (χ0n) is 9.35. The topological polar surface area (TPSA) is 27.7 Å². The molecule has 0 bridgehead atoms. The summed E-state index contributed by atoms with van der Waals surface area (Å²) in [7, 11) is 0. The molecule has 0 spiro atoms. The van der Waals surface area contributed by atoms with Gasteiger partial charge in [0.05, 0.1) is 19.8 Å². The molecule has 0 N–H and O–H groups in total. The molecule has 0 aromatic heterocycles. The second-order valence-electron chi connectivity index (χ2n) is 3.55. The summed E-state index contributed by atoms with van der Waals surface area (Å²) >= 11 is 1.40. The monoisotopic (exact) mass is 240 g/mol. The third kappa shape index (κ3) is 3.22. The lowest BCUT2D eigenvalue weighted by molar-refractivity contribution is -0.0441. The van der Waals surface area contributed by atoms with Crippen LogP contribution in [0.5, 0.6) is 0 Å². The molecule has 4 heteroatoms. The van der Waals surface area contributed by atoms with Gasteiger partial charge in [0.15, 0.2) is 6.29 Å². The molecule has 16 heavy (non-hydrogen) atoms. The third-order valence-corrected chi connectivity index (χ3v) is 2.87. The van der Waals surface area contributed by atoms with Crippen LogP contribution in [0.25, 0.3) is 0 Å². The quantitative estimate of drug-likeness (QED) is 0.584. The number of hydrogen-bond donors (Lipinski definition) is 0. The lowest BCUT2D eigenvalue weighted by atomic mass is 10.1. The molecule has 1 aromatic carbocycles. The van der Waals surface area contributed by atoms with Crippen LogP contribution in [0.3, 0.4) is 0 Å². The SMILES string of the molecule is CSOCCc1ccc(C2OCCO2)cc1. The van der Waals surface area contributed by atoms with E-state index in [4.69, 9.17) is 13.7 Å². The maximum Gasteiger partial charge on any atom is 0.184 e. The Bertz CT molecular complexity index is 307. The molecule has 1 heterocycles. The van der Waals surface area contributed by atoms with E-state index in [1.54, 1.807) is 0 Å². The van der Waals surface area contributed by atoms with Gasteiger partial charge in [0.25, 0.3) is 0 Å². The Balaban J connectivity index is 1.88. The van der Waals surface area contributed by atoms with Gasteiger partial charge in [-0.3, -0.25) is 0 Å². The van der Waals surface area contributed by atoms with Crippen molar-refractivity contribution < 1.29 is 13.7 Å². The van der Waals surface area contributed by atoms with Crippen molar-refractivity contribution in [2.75, 3.05) is 26.1 Å². The van der Waals surface area contributed by atoms with E-state index < -0.39 is 0 Å². The highest BCUT2D eigenvalue weighted by atomic mass is 32.2. The van der Waals surface area contributed by atoms with Gasteiger partial charge in [0.1, 0.15) is 0 Å². The fourth-order valence-corrected chi connectivity index (χ4v) is 1.89. The van der Waals surface area contributed by atoms with Crippen LogP contribution < -0.4 is 0 Å². The van der Waals surface area contributed by atoms with E-state index in [2.05, 4.69) is 24.3 Å². The number of ether oxygens (including phenoxy) is 2. The van der Waals surface area contributed by atoms with E-state index in [1.807, 2.05) is 6.26 Å². The van der Waals surface area contributed by atoms with Crippen LogP contribution in [0.15, 0.2) is 24.3 Å². The Labute approximate surface area is 100 Å². The lowest BCUT2D eigenvalue weighted by Gasteiger charge is -2.09. The average molecular weight is 240 g/mol. The Hall–Kier alpha value is -0.550. The van der Waals surface area contributed by atoms with Gasteiger partial charge >= 0.3 is 0 Å². The van der Waals surface area contributed by atoms with Crippen LogP contribution >= 0.6 is 12.0 Å². The molecule has 2 rings (SSSR count). The van der Waals surface area contributed by atoms with Crippen LogP contribution in [0.4, 0.5) is 0 Å². The van der Waals surface area contributed by atoms with Gasteiger partial charge in [-0.2, -0.15) is 0 Å².